The summed E-state index contributed by atoms with van der Waals surface area (Å²) in [7, 11) is 1.18. The highest BCUT2D eigenvalue weighted by molar-refractivity contribution is 5.86. The minimum Gasteiger partial charge on any atom is -0.453 e. The molecule has 3 fully saturated rings. The van der Waals surface area contributed by atoms with Gasteiger partial charge in [-0.05, 0) is 72.7 Å². The number of aliphatic imine (C=N–C) groups is 1. The van der Waals surface area contributed by atoms with E-state index in [1.807, 2.05) is 36.4 Å². The highest BCUT2D eigenvalue weighted by atomic mass is 19.3. The zero-order valence-electron chi connectivity index (χ0n) is 35.2. The number of benzene rings is 2. The number of piperazine rings is 1. The normalized spacial score (nSPS) is 19.7. The fraction of sp³-hybridized carbons (Fsp3) is 0.467. The van der Waals surface area contributed by atoms with E-state index in [1.54, 1.807) is 27.0 Å². The molecule has 0 spiro atoms. The Labute approximate surface area is 359 Å². The van der Waals surface area contributed by atoms with Crippen molar-refractivity contribution in [2.75, 3.05) is 44.9 Å². The van der Waals surface area contributed by atoms with E-state index in [-0.39, 0.29) is 36.3 Å². The van der Waals surface area contributed by atoms with Gasteiger partial charge in [0.25, 0.3) is 0 Å². The van der Waals surface area contributed by atoms with Gasteiger partial charge in [-0.1, -0.05) is 44.7 Å². The Hall–Kier alpha value is -5.54. The van der Waals surface area contributed by atoms with Crippen molar-refractivity contribution >= 4 is 29.7 Å². The first kappa shape index (κ1) is 46.0. The topological polar surface area (TPSA) is 167 Å². The third-order valence-corrected chi connectivity index (χ3v) is 11.4. The molecule has 62 heavy (non-hydrogen) atoms. The van der Waals surface area contributed by atoms with Crippen LogP contribution < -0.4 is 26.6 Å². The van der Waals surface area contributed by atoms with Crippen molar-refractivity contribution in [3.05, 3.63) is 100 Å². The molecule has 0 radical (unpaired) electrons. The molecule has 1 aromatic heterocycles. The van der Waals surface area contributed by atoms with Crippen LogP contribution in [-0.4, -0.2) is 116 Å². The van der Waals surface area contributed by atoms with Gasteiger partial charge in [-0.3, -0.25) is 9.69 Å². The van der Waals surface area contributed by atoms with Crippen molar-refractivity contribution in [3.8, 4) is 11.8 Å². The summed E-state index contributed by atoms with van der Waals surface area (Å²) >= 11 is 0. The lowest BCUT2D eigenvalue weighted by Crippen LogP contribution is -2.62. The molecule has 3 unspecified atom stereocenters. The van der Waals surface area contributed by atoms with Crippen LogP contribution in [0, 0.1) is 28.9 Å². The van der Waals surface area contributed by atoms with E-state index in [9.17, 15) is 23.5 Å². The van der Waals surface area contributed by atoms with Gasteiger partial charge in [-0.2, -0.15) is 8.78 Å². The first-order chi connectivity index (χ1) is 29.6. The summed E-state index contributed by atoms with van der Waals surface area (Å²) < 4.78 is 64.9. The maximum Gasteiger partial charge on any atom is 0.407 e. The van der Waals surface area contributed by atoms with Crippen molar-refractivity contribution in [2.45, 2.75) is 89.4 Å². The lowest BCUT2D eigenvalue weighted by Gasteiger charge is -2.47. The van der Waals surface area contributed by atoms with Crippen molar-refractivity contribution < 1.29 is 41.7 Å². The Bertz CT molecular complexity index is 2110. The fourth-order valence-electron chi connectivity index (χ4n) is 8.00. The van der Waals surface area contributed by atoms with Crippen molar-refractivity contribution in [3.63, 3.8) is 0 Å². The average Bonchev–Trinajstić information content (AvgIpc) is 3.44. The van der Waals surface area contributed by atoms with E-state index in [2.05, 4.69) is 42.6 Å². The van der Waals surface area contributed by atoms with E-state index in [0.717, 1.165) is 73.2 Å². The van der Waals surface area contributed by atoms with Gasteiger partial charge in [0.05, 0.1) is 38.5 Å². The summed E-state index contributed by atoms with van der Waals surface area (Å²) in [6.45, 7) is 5.34. The number of ether oxygens (including phenoxy) is 2. The van der Waals surface area contributed by atoms with Gasteiger partial charge in [0.2, 0.25) is 5.91 Å². The van der Waals surface area contributed by atoms with Crippen LogP contribution in [-0.2, 0) is 27.2 Å². The van der Waals surface area contributed by atoms with Gasteiger partial charge in [0, 0.05) is 78.6 Å². The van der Waals surface area contributed by atoms with E-state index in [4.69, 9.17) is 20.2 Å². The largest absolute Gasteiger partial charge is 0.453 e. The van der Waals surface area contributed by atoms with E-state index >= 15 is 8.78 Å². The molecule has 3 aliphatic rings. The molecular formula is C45H54F4N8O5. The molecule has 2 bridgehead atoms. The molecule has 332 valence electrons. The van der Waals surface area contributed by atoms with Crippen LogP contribution in [0.3, 0.4) is 0 Å². The quantitative estimate of drug-likeness (QED) is 0.0642. The zero-order chi connectivity index (χ0) is 44.6. The summed E-state index contributed by atoms with van der Waals surface area (Å²) in [5, 5.41) is 19.7. The number of anilines is 1. The second-order valence-corrected chi connectivity index (χ2v) is 16.8. The highest BCUT2D eigenvalue weighted by Crippen LogP contribution is 2.35. The van der Waals surface area contributed by atoms with Crippen LogP contribution in [0.15, 0.2) is 65.8 Å². The number of alkyl halides is 2. The number of nitrogens with zero attached hydrogens (tertiary/aromatic N) is 4. The summed E-state index contributed by atoms with van der Waals surface area (Å²) in [5.74, 6) is 4.81. The standard InChI is InChI=1S/C45H54F4N8O5/c1-45(2,3)41(55-44(60)61-4)42(59)54-38(39(58)22-51-21-34-35(46)18-30(19-36(34)47)37(50)15-16-52-43(48)49)17-28-8-5-27(6-9-28)7-10-29-11-14-40(53-20-29)56-23-31-12-13-32(24-56)57(31)33-25-62-26-33/h5-6,8-9,11,14-16,18-20,31-33,38-39,41,43,51,58H,12-13,17,21-26,50H2,1-4H3,(H,54,59)(H,55,60)/t31?,32?,38-,39-,41?/m0/s1. The van der Waals surface area contributed by atoms with Gasteiger partial charge < -0.3 is 41.2 Å². The molecule has 0 saturated carbocycles. The predicted octanol–water partition coefficient (Wildman–Crippen LogP) is 4.35. The predicted molar refractivity (Wildman–Crippen MR) is 227 cm³/mol. The molecule has 4 heterocycles. The number of methoxy groups -OCH3 is 1. The van der Waals surface area contributed by atoms with Crippen molar-refractivity contribution in [1.29, 1.82) is 0 Å². The van der Waals surface area contributed by atoms with E-state index in [0.29, 0.717) is 18.1 Å². The molecule has 0 aliphatic carbocycles. The Morgan fingerprint density at radius 3 is 2.23 bits per heavy atom. The molecule has 3 aliphatic heterocycles. The second kappa shape index (κ2) is 20.6. The molecule has 13 nitrogen and oxygen atoms in total. The number of pyridine rings is 1. The summed E-state index contributed by atoms with van der Waals surface area (Å²) in [6, 6.07) is 12.9. The number of fused-ring (bicyclic) bond motifs is 2. The van der Waals surface area contributed by atoms with E-state index in [1.165, 1.54) is 20.0 Å². The summed E-state index contributed by atoms with van der Waals surface area (Å²) in [5.41, 5.74) is 6.68. The van der Waals surface area contributed by atoms with Crippen LogP contribution in [0.1, 0.15) is 61.4 Å². The Balaban J connectivity index is 1.10. The molecule has 2 amide bonds. The molecular weight excluding hydrogens is 809 g/mol. The number of halogens is 4. The number of nitrogens with one attached hydrogen (secondary N) is 3. The number of carbonyl (C=O) groups excluding carboxylic acids is 2. The number of aromatic nitrogens is 1. The van der Waals surface area contributed by atoms with Crippen molar-refractivity contribution in [2.24, 2.45) is 16.1 Å². The van der Waals surface area contributed by atoms with E-state index < -0.39 is 53.8 Å². The molecule has 3 aromatic rings. The fourth-order valence-corrected chi connectivity index (χ4v) is 8.00. The molecule has 17 heteroatoms. The van der Waals surface area contributed by atoms with Crippen LogP contribution in [0.4, 0.5) is 28.2 Å². The molecule has 3 saturated heterocycles. The third kappa shape index (κ3) is 11.9. The van der Waals surface area contributed by atoms with Gasteiger partial charge in [0.15, 0.2) is 0 Å². The van der Waals surface area contributed by atoms with Crippen LogP contribution in [0.5, 0.6) is 0 Å². The van der Waals surface area contributed by atoms with Gasteiger partial charge in [0.1, 0.15) is 23.5 Å². The molecule has 5 atom stereocenters. The number of carbonyl (C=O) groups is 2. The molecule has 6 rings (SSSR count). The smallest absolute Gasteiger partial charge is 0.407 e. The van der Waals surface area contributed by atoms with Gasteiger partial charge in [-0.25, -0.2) is 23.6 Å². The third-order valence-electron chi connectivity index (χ3n) is 11.4. The number of hydrogen-bond donors (Lipinski definition) is 5. The highest BCUT2D eigenvalue weighted by Gasteiger charge is 2.45. The lowest BCUT2D eigenvalue weighted by molar-refractivity contribution is -0.127. The number of nitrogens with two attached hydrogens (primary N) is 1. The first-order valence-corrected chi connectivity index (χ1v) is 20.6. The Morgan fingerprint density at radius 2 is 1.66 bits per heavy atom. The first-order valence-electron chi connectivity index (χ1n) is 20.6. The van der Waals surface area contributed by atoms with Gasteiger partial charge in [-0.15, -0.1) is 0 Å². The maximum atomic E-state index is 15.0. The summed E-state index contributed by atoms with van der Waals surface area (Å²) in [4.78, 5) is 38.5. The van der Waals surface area contributed by atoms with Crippen LogP contribution in [0.25, 0.3) is 5.70 Å². The lowest BCUT2D eigenvalue weighted by atomic mass is 9.85. The second-order valence-electron chi connectivity index (χ2n) is 16.8. The van der Waals surface area contributed by atoms with Crippen LogP contribution >= 0.6 is 0 Å². The Morgan fingerprint density at radius 1 is 1.02 bits per heavy atom. The van der Waals surface area contributed by atoms with Crippen molar-refractivity contribution in [1.82, 2.24) is 25.8 Å². The molecule has 6 N–H and O–H groups in total. The number of aliphatic hydroxyl groups is 1. The average molecular weight is 863 g/mol. The Kier molecular flexibility index (Phi) is 15.2. The van der Waals surface area contributed by atoms with Crippen LogP contribution in [0.2, 0.25) is 0 Å². The number of hydrogen-bond acceptors (Lipinski definition) is 11. The minimum atomic E-state index is -2.96. The number of amides is 2. The number of rotatable bonds is 15. The summed E-state index contributed by atoms with van der Waals surface area (Å²) in [6.07, 6.45) is 4.00. The maximum absolute atomic E-state index is 15.0. The number of alkyl carbamates (subject to hydrolysis) is 1. The SMILES string of the molecule is COC(=O)NC(C(=O)N[C@@H](Cc1ccc(C#Cc2ccc(N3CC4CCC(C3)N4C3COC3)nc2)cc1)[C@@H](O)CNCc1c(F)cc(C(N)=CC=NC(F)F)cc1F)C(C)(C)C. The minimum absolute atomic E-state index is 0.0732. The van der Waals surface area contributed by atoms with Gasteiger partial charge >= 0.3 is 12.6 Å². The number of allylic oxidation sites excluding steroid dienone is 1. The zero-order valence-corrected chi connectivity index (χ0v) is 35.2. The number of aliphatic hydroxyl groups excluding tert-OH is 1. The monoisotopic (exact) mass is 862 g/mol. The molecule has 2 aromatic carbocycles.